The largest absolute Gasteiger partial charge is 0.388 e. The van der Waals surface area contributed by atoms with Crippen molar-refractivity contribution in [2.24, 2.45) is 0 Å². The van der Waals surface area contributed by atoms with Crippen LogP contribution < -0.4 is 5.32 Å². The van der Waals surface area contributed by atoms with Crippen LogP contribution in [0.5, 0.6) is 0 Å². The Hall–Kier alpha value is -1.31. The standard InChI is InChI=1S/C13H19NO/c1-3-4-5-6-13(15)11-7-9-12(14-2)10-8-11/h7-10,14H,3-6H2,1-2H3. The molecule has 82 valence electrons. The monoisotopic (exact) mass is 205 g/mol. The van der Waals surface area contributed by atoms with Gasteiger partial charge in [0.15, 0.2) is 5.78 Å². The fourth-order valence-electron chi connectivity index (χ4n) is 1.50. The Bertz CT molecular complexity index is 303. The molecule has 0 aliphatic heterocycles. The van der Waals surface area contributed by atoms with Crippen LogP contribution in [0.2, 0.25) is 0 Å². The predicted octanol–water partition coefficient (Wildman–Crippen LogP) is 3.49. The van der Waals surface area contributed by atoms with Gasteiger partial charge in [-0.15, -0.1) is 0 Å². The lowest BCUT2D eigenvalue weighted by molar-refractivity contribution is 0.0979. The van der Waals surface area contributed by atoms with Crippen LogP contribution in [0.4, 0.5) is 5.69 Å². The number of Topliss-reactive ketones (excluding diaryl/α,β-unsaturated/α-hetero) is 1. The molecular formula is C13H19NO. The number of nitrogens with one attached hydrogen (secondary N) is 1. The quantitative estimate of drug-likeness (QED) is 0.569. The molecule has 0 heterocycles. The van der Waals surface area contributed by atoms with Crippen molar-refractivity contribution in [2.45, 2.75) is 32.6 Å². The van der Waals surface area contributed by atoms with Crippen molar-refractivity contribution < 1.29 is 4.79 Å². The Balaban J connectivity index is 2.50. The zero-order chi connectivity index (χ0) is 11.1. The van der Waals surface area contributed by atoms with E-state index in [1.807, 2.05) is 31.3 Å². The van der Waals surface area contributed by atoms with E-state index in [1.54, 1.807) is 0 Å². The van der Waals surface area contributed by atoms with Gasteiger partial charge in [0.25, 0.3) is 0 Å². The summed E-state index contributed by atoms with van der Waals surface area (Å²) in [5.74, 6) is 0.256. The Labute approximate surface area is 91.7 Å². The first-order chi connectivity index (χ1) is 7.27. The second-order valence-electron chi connectivity index (χ2n) is 3.71. The van der Waals surface area contributed by atoms with E-state index in [0.29, 0.717) is 6.42 Å². The van der Waals surface area contributed by atoms with Crippen molar-refractivity contribution in [2.75, 3.05) is 12.4 Å². The molecule has 1 rings (SSSR count). The van der Waals surface area contributed by atoms with Crippen LogP contribution in [0.25, 0.3) is 0 Å². The Morgan fingerprint density at radius 3 is 2.40 bits per heavy atom. The van der Waals surface area contributed by atoms with Gasteiger partial charge in [0.2, 0.25) is 0 Å². The first-order valence-electron chi connectivity index (χ1n) is 5.59. The van der Waals surface area contributed by atoms with Gasteiger partial charge in [0.1, 0.15) is 0 Å². The highest BCUT2D eigenvalue weighted by Gasteiger charge is 2.04. The minimum atomic E-state index is 0.256. The van der Waals surface area contributed by atoms with Gasteiger partial charge in [-0.25, -0.2) is 0 Å². The van der Waals surface area contributed by atoms with E-state index >= 15 is 0 Å². The number of carbonyl (C=O) groups is 1. The lowest BCUT2D eigenvalue weighted by Crippen LogP contribution is -1.99. The molecule has 0 aliphatic carbocycles. The Morgan fingerprint density at radius 1 is 1.20 bits per heavy atom. The molecule has 0 atom stereocenters. The smallest absolute Gasteiger partial charge is 0.162 e. The first-order valence-corrected chi connectivity index (χ1v) is 5.59. The highest BCUT2D eigenvalue weighted by atomic mass is 16.1. The number of benzene rings is 1. The van der Waals surface area contributed by atoms with E-state index in [-0.39, 0.29) is 5.78 Å². The molecule has 0 spiro atoms. The number of ketones is 1. The van der Waals surface area contributed by atoms with Gasteiger partial charge in [-0.05, 0) is 30.7 Å². The molecule has 0 fully saturated rings. The van der Waals surface area contributed by atoms with Crippen LogP contribution in [0.3, 0.4) is 0 Å². The molecule has 0 unspecified atom stereocenters. The maximum atomic E-state index is 11.7. The van der Waals surface area contributed by atoms with Crippen molar-refractivity contribution in [3.8, 4) is 0 Å². The summed E-state index contributed by atoms with van der Waals surface area (Å²) in [6.45, 7) is 2.15. The van der Waals surface area contributed by atoms with Gasteiger partial charge in [0.05, 0.1) is 0 Å². The highest BCUT2D eigenvalue weighted by Crippen LogP contribution is 2.12. The van der Waals surface area contributed by atoms with E-state index in [9.17, 15) is 4.79 Å². The number of rotatable bonds is 6. The van der Waals surface area contributed by atoms with Gasteiger partial charge in [-0.2, -0.15) is 0 Å². The maximum absolute atomic E-state index is 11.7. The van der Waals surface area contributed by atoms with Gasteiger partial charge >= 0.3 is 0 Å². The lowest BCUT2D eigenvalue weighted by Gasteiger charge is -2.02. The van der Waals surface area contributed by atoms with Crippen LogP contribution in [-0.2, 0) is 0 Å². The summed E-state index contributed by atoms with van der Waals surface area (Å²) in [5.41, 5.74) is 1.87. The summed E-state index contributed by atoms with van der Waals surface area (Å²) in [7, 11) is 1.87. The molecule has 1 N–H and O–H groups in total. The average molecular weight is 205 g/mol. The molecule has 0 aromatic heterocycles. The molecule has 0 bridgehead atoms. The van der Waals surface area contributed by atoms with Crippen molar-refractivity contribution in [1.29, 1.82) is 0 Å². The number of carbonyl (C=O) groups excluding carboxylic acids is 1. The minimum absolute atomic E-state index is 0.256. The van der Waals surface area contributed by atoms with Crippen LogP contribution in [0.1, 0.15) is 43.0 Å². The number of hydrogen-bond acceptors (Lipinski definition) is 2. The van der Waals surface area contributed by atoms with Crippen LogP contribution in [-0.4, -0.2) is 12.8 Å². The molecule has 0 saturated carbocycles. The van der Waals surface area contributed by atoms with Crippen LogP contribution in [0.15, 0.2) is 24.3 Å². The first kappa shape index (κ1) is 11.8. The Morgan fingerprint density at radius 2 is 1.87 bits per heavy atom. The number of unbranched alkanes of at least 4 members (excludes halogenated alkanes) is 2. The second kappa shape index (κ2) is 6.23. The second-order valence-corrected chi connectivity index (χ2v) is 3.71. The maximum Gasteiger partial charge on any atom is 0.162 e. The summed E-state index contributed by atoms with van der Waals surface area (Å²) in [4.78, 5) is 11.7. The van der Waals surface area contributed by atoms with Crippen LogP contribution >= 0.6 is 0 Å². The average Bonchev–Trinajstić information content (AvgIpc) is 2.29. The molecule has 15 heavy (non-hydrogen) atoms. The third-order valence-electron chi connectivity index (χ3n) is 2.50. The van der Waals surface area contributed by atoms with E-state index in [2.05, 4.69) is 12.2 Å². The lowest BCUT2D eigenvalue weighted by atomic mass is 10.0. The van der Waals surface area contributed by atoms with E-state index in [4.69, 9.17) is 0 Å². The summed E-state index contributed by atoms with van der Waals surface area (Å²) in [6, 6.07) is 7.65. The van der Waals surface area contributed by atoms with Gasteiger partial charge in [-0.1, -0.05) is 19.8 Å². The summed E-state index contributed by atoms with van der Waals surface area (Å²) in [6.07, 6.45) is 3.97. The third-order valence-corrected chi connectivity index (χ3v) is 2.50. The summed E-state index contributed by atoms with van der Waals surface area (Å²) >= 11 is 0. The molecule has 0 radical (unpaired) electrons. The minimum Gasteiger partial charge on any atom is -0.388 e. The number of anilines is 1. The fourth-order valence-corrected chi connectivity index (χ4v) is 1.50. The predicted molar refractivity (Wildman–Crippen MR) is 64.5 cm³/mol. The molecular weight excluding hydrogens is 186 g/mol. The molecule has 1 aromatic rings. The zero-order valence-electron chi connectivity index (χ0n) is 9.55. The van der Waals surface area contributed by atoms with Gasteiger partial charge in [0, 0.05) is 24.7 Å². The van der Waals surface area contributed by atoms with Crippen molar-refractivity contribution in [1.82, 2.24) is 0 Å². The van der Waals surface area contributed by atoms with Crippen LogP contribution in [0, 0.1) is 0 Å². The van der Waals surface area contributed by atoms with Gasteiger partial charge in [-0.3, -0.25) is 4.79 Å². The van der Waals surface area contributed by atoms with E-state index < -0.39 is 0 Å². The molecule has 0 aliphatic rings. The number of hydrogen-bond donors (Lipinski definition) is 1. The van der Waals surface area contributed by atoms with Crippen molar-refractivity contribution in [3.05, 3.63) is 29.8 Å². The zero-order valence-corrected chi connectivity index (χ0v) is 9.55. The van der Waals surface area contributed by atoms with Crippen molar-refractivity contribution in [3.63, 3.8) is 0 Å². The SMILES string of the molecule is CCCCCC(=O)c1ccc(NC)cc1. The van der Waals surface area contributed by atoms with E-state index in [1.165, 1.54) is 0 Å². The molecule has 2 nitrogen and oxygen atoms in total. The van der Waals surface area contributed by atoms with E-state index in [0.717, 1.165) is 30.5 Å². The summed E-state index contributed by atoms with van der Waals surface area (Å²) < 4.78 is 0. The molecule has 1 aromatic carbocycles. The third kappa shape index (κ3) is 3.74. The topological polar surface area (TPSA) is 29.1 Å². The normalized spacial score (nSPS) is 10.0. The molecule has 0 saturated heterocycles. The van der Waals surface area contributed by atoms with Crippen molar-refractivity contribution >= 4 is 11.5 Å². The Kier molecular flexibility index (Phi) is 4.88. The molecule has 0 amide bonds. The molecule has 2 heteroatoms. The fraction of sp³-hybridized carbons (Fsp3) is 0.462. The highest BCUT2D eigenvalue weighted by molar-refractivity contribution is 5.96. The summed E-state index contributed by atoms with van der Waals surface area (Å²) in [5, 5.41) is 3.03. The van der Waals surface area contributed by atoms with Gasteiger partial charge < -0.3 is 5.32 Å².